The molecule has 0 aromatic carbocycles. The number of hydrogen-bond acceptors (Lipinski definition) is 4. The van der Waals surface area contributed by atoms with Gasteiger partial charge < -0.3 is 14.4 Å². The van der Waals surface area contributed by atoms with Crippen LogP contribution in [0.4, 0.5) is 16.6 Å². The largest absolute Gasteiger partial charge is 0.352 e. The highest BCUT2D eigenvalue weighted by Gasteiger charge is 2.29. The Morgan fingerprint density at radius 3 is 2.21 bits per heavy atom. The van der Waals surface area contributed by atoms with E-state index in [1.54, 1.807) is 6.20 Å². The Labute approximate surface area is 205 Å². The highest BCUT2D eigenvalue weighted by molar-refractivity contribution is 6.32. The predicted molar refractivity (Wildman–Crippen MR) is 143 cm³/mol. The maximum Gasteiger partial charge on any atom is 0.324 e. The van der Waals surface area contributed by atoms with Gasteiger partial charge in [0.25, 0.3) is 0 Å². The van der Waals surface area contributed by atoms with Crippen molar-refractivity contribution in [1.82, 2.24) is 19.4 Å². The fourth-order valence-corrected chi connectivity index (χ4v) is 3.30. The summed E-state index contributed by atoms with van der Waals surface area (Å²) in [7, 11) is 1.90. The number of piperazine rings is 1. The lowest BCUT2D eigenvalue weighted by Crippen LogP contribution is -2.55. The van der Waals surface area contributed by atoms with Crippen LogP contribution in [0.15, 0.2) is 30.5 Å². The number of aryl methyl sites for hydroxylation is 1. The second kappa shape index (κ2) is 16.1. The highest BCUT2D eigenvalue weighted by Crippen LogP contribution is 2.25. The highest BCUT2D eigenvalue weighted by atomic mass is 35.5. The van der Waals surface area contributed by atoms with E-state index in [4.69, 9.17) is 11.6 Å². The Balaban J connectivity index is 0.00000113. The lowest BCUT2D eigenvalue weighted by Gasteiger charge is -2.40. The van der Waals surface area contributed by atoms with Crippen molar-refractivity contribution in [2.45, 2.75) is 68.4 Å². The molecule has 1 fully saturated rings. The monoisotopic (exact) mass is 478 g/mol. The van der Waals surface area contributed by atoms with E-state index in [2.05, 4.69) is 20.2 Å². The Kier molecular flexibility index (Phi) is 14.9. The average molecular weight is 479 g/mol. The number of allylic oxidation sites excluding steroid dienone is 2. The number of imidazole rings is 1. The summed E-state index contributed by atoms with van der Waals surface area (Å²) in [5.41, 5.74) is 1.96. The zero-order valence-corrected chi connectivity index (χ0v) is 22.9. The molecular formula is C25H43ClN6O. The Bertz CT molecular complexity index is 861. The summed E-state index contributed by atoms with van der Waals surface area (Å²) in [6, 6.07) is 3.55. The Morgan fingerprint density at radius 2 is 1.76 bits per heavy atom. The SMILES string of the molecule is C/C=C\C.CC.CC.Cc1nc(NC(=O)N2CCN(c3ncccc3Cl)CC2C)n(C)c1C. The molecule has 2 aromatic heterocycles. The quantitative estimate of drug-likeness (QED) is 0.502. The lowest BCUT2D eigenvalue weighted by atomic mass is 10.2. The van der Waals surface area contributed by atoms with Gasteiger partial charge in [0.2, 0.25) is 5.95 Å². The summed E-state index contributed by atoms with van der Waals surface area (Å²) in [4.78, 5) is 25.4. The molecule has 0 aliphatic carbocycles. The van der Waals surface area contributed by atoms with Gasteiger partial charge in [-0.05, 0) is 46.8 Å². The van der Waals surface area contributed by atoms with Gasteiger partial charge in [0.15, 0.2) is 0 Å². The Hall–Kier alpha value is -2.54. The summed E-state index contributed by atoms with van der Waals surface area (Å²) in [6.45, 7) is 19.9. The van der Waals surface area contributed by atoms with Gasteiger partial charge in [0, 0.05) is 44.6 Å². The standard InChI is InChI=1S/C17H23ClN6O.C4H8.2C2H6/c1-11-10-23(15-14(18)6-5-7-19-15)8-9-24(11)17(25)21-16-20-12(2)13(3)22(16)4;1-3-4-2;2*1-2/h5-7,11H,8-10H2,1-4H3,(H,20,21,25);3-4H,1-2H3;2*1-2H3/b;4-3-;;. The van der Waals surface area contributed by atoms with Gasteiger partial charge in [-0.25, -0.2) is 14.8 Å². The molecule has 1 aliphatic rings. The van der Waals surface area contributed by atoms with Crippen LogP contribution in [0, 0.1) is 13.8 Å². The predicted octanol–water partition coefficient (Wildman–Crippen LogP) is 6.46. The van der Waals surface area contributed by atoms with Crippen molar-refractivity contribution in [1.29, 1.82) is 0 Å². The molecule has 33 heavy (non-hydrogen) atoms. The van der Waals surface area contributed by atoms with Crippen LogP contribution in [-0.4, -0.2) is 51.1 Å². The van der Waals surface area contributed by atoms with Gasteiger partial charge in [0.1, 0.15) is 5.82 Å². The number of hydrogen-bond donors (Lipinski definition) is 1. The van der Waals surface area contributed by atoms with Crippen LogP contribution < -0.4 is 10.2 Å². The molecule has 2 aromatic rings. The molecule has 0 bridgehead atoms. The first kappa shape index (κ1) is 30.5. The number of nitrogens with one attached hydrogen (secondary N) is 1. The summed E-state index contributed by atoms with van der Waals surface area (Å²) in [5.74, 6) is 1.34. The summed E-state index contributed by atoms with van der Waals surface area (Å²) in [5, 5.41) is 3.55. The fraction of sp³-hybridized carbons (Fsp3) is 0.560. The van der Waals surface area contributed by atoms with Crippen molar-refractivity contribution < 1.29 is 4.79 Å². The third-order valence-corrected chi connectivity index (χ3v) is 5.39. The molecule has 3 heterocycles. The Morgan fingerprint density at radius 1 is 1.15 bits per heavy atom. The number of carbonyl (C=O) groups excluding carboxylic acids is 1. The number of urea groups is 1. The van der Waals surface area contributed by atoms with Crippen LogP contribution in [0.5, 0.6) is 0 Å². The zero-order valence-electron chi connectivity index (χ0n) is 22.1. The van der Waals surface area contributed by atoms with Crippen molar-refractivity contribution in [3.63, 3.8) is 0 Å². The minimum atomic E-state index is -0.132. The van der Waals surface area contributed by atoms with Gasteiger partial charge >= 0.3 is 6.03 Å². The zero-order chi connectivity index (χ0) is 25.6. The van der Waals surface area contributed by atoms with Crippen molar-refractivity contribution in [2.24, 2.45) is 7.05 Å². The molecule has 7 nitrogen and oxygen atoms in total. The number of carbonyl (C=O) groups is 1. The van der Waals surface area contributed by atoms with Crippen molar-refractivity contribution >= 4 is 29.4 Å². The van der Waals surface area contributed by atoms with E-state index in [1.165, 1.54) is 0 Å². The van der Waals surface area contributed by atoms with Crippen molar-refractivity contribution in [3.8, 4) is 0 Å². The van der Waals surface area contributed by atoms with Crippen molar-refractivity contribution in [3.05, 3.63) is 46.9 Å². The molecule has 0 saturated carbocycles. The first-order chi connectivity index (χ1) is 15.8. The van der Waals surface area contributed by atoms with Gasteiger partial charge in [-0.1, -0.05) is 51.4 Å². The molecule has 1 N–H and O–H groups in total. The number of anilines is 2. The number of nitrogens with zero attached hydrogens (tertiary/aromatic N) is 5. The maximum absolute atomic E-state index is 12.7. The smallest absolute Gasteiger partial charge is 0.324 e. The second-order valence-corrected chi connectivity index (χ2v) is 7.47. The minimum absolute atomic E-state index is 0.0364. The lowest BCUT2D eigenvalue weighted by molar-refractivity contribution is 0.184. The van der Waals surface area contributed by atoms with Crippen LogP contribution in [0.3, 0.4) is 0 Å². The van der Waals surface area contributed by atoms with E-state index >= 15 is 0 Å². The number of amides is 2. The summed E-state index contributed by atoms with van der Waals surface area (Å²) in [6.07, 6.45) is 5.73. The number of halogens is 1. The van der Waals surface area contributed by atoms with Gasteiger partial charge in [-0.2, -0.15) is 0 Å². The maximum atomic E-state index is 12.7. The third kappa shape index (κ3) is 8.72. The van der Waals surface area contributed by atoms with E-state index in [0.29, 0.717) is 30.6 Å². The van der Waals surface area contributed by atoms with E-state index < -0.39 is 0 Å². The summed E-state index contributed by atoms with van der Waals surface area (Å²) >= 11 is 6.24. The third-order valence-electron chi connectivity index (χ3n) is 5.10. The molecule has 8 heteroatoms. The van der Waals surface area contributed by atoms with Crippen molar-refractivity contribution in [2.75, 3.05) is 29.9 Å². The molecule has 1 saturated heterocycles. The average Bonchev–Trinajstić information content (AvgIpc) is 3.08. The normalized spacial score (nSPS) is 14.9. The molecule has 1 aliphatic heterocycles. The van der Waals surface area contributed by atoms with Crippen LogP contribution in [0.2, 0.25) is 5.02 Å². The molecule has 2 amide bonds. The van der Waals surface area contributed by atoms with E-state index in [9.17, 15) is 4.79 Å². The first-order valence-electron chi connectivity index (χ1n) is 11.8. The molecule has 1 unspecified atom stereocenters. The number of pyridine rings is 1. The molecule has 1 atom stereocenters. The van der Waals surface area contributed by atoms with Crippen LogP contribution in [0.1, 0.15) is 59.9 Å². The summed E-state index contributed by atoms with van der Waals surface area (Å²) < 4.78 is 1.89. The molecule has 186 valence electrons. The number of rotatable bonds is 2. The van der Waals surface area contributed by atoms with Crippen LogP contribution >= 0.6 is 11.6 Å². The van der Waals surface area contributed by atoms with Crippen LogP contribution in [0.25, 0.3) is 0 Å². The fourth-order valence-electron chi connectivity index (χ4n) is 3.06. The first-order valence-corrected chi connectivity index (χ1v) is 12.2. The molecule has 0 radical (unpaired) electrons. The minimum Gasteiger partial charge on any atom is -0.352 e. The topological polar surface area (TPSA) is 66.3 Å². The van der Waals surface area contributed by atoms with Crippen LogP contribution in [-0.2, 0) is 7.05 Å². The van der Waals surface area contributed by atoms with Gasteiger partial charge in [-0.15, -0.1) is 0 Å². The number of aromatic nitrogens is 3. The van der Waals surface area contributed by atoms with E-state index in [0.717, 1.165) is 17.2 Å². The molecule has 0 spiro atoms. The van der Waals surface area contributed by atoms with E-state index in [1.807, 2.05) is 103 Å². The second-order valence-electron chi connectivity index (χ2n) is 7.06. The van der Waals surface area contributed by atoms with Gasteiger partial charge in [-0.3, -0.25) is 5.32 Å². The molecular weight excluding hydrogens is 436 g/mol. The van der Waals surface area contributed by atoms with Gasteiger partial charge in [0.05, 0.1) is 10.7 Å². The molecule has 3 rings (SSSR count). The van der Waals surface area contributed by atoms with E-state index in [-0.39, 0.29) is 12.1 Å².